The highest BCUT2D eigenvalue weighted by molar-refractivity contribution is 5.77. The maximum atomic E-state index is 11.8. The van der Waals surface area contributed by atoms with Crippen molar-refractivity contribution in [3.63, 3.8) is 0 Å². The van der Waals surface area contributed by atoms with Crippen molar-refractivity contribution in [2.45, 2.75) is 71.4 Å². The van der Waals surface area contributed by atoms with Crippen molar-refractivity contribution < 1.29 is 14.3 Å². The van der Waals surface area contributed by atoms with Crippen molar-refractivity contribution in [2.75, 3.05) is 6.54 Å². The predicted molar refractivity (Wildman–Crippen MR) is 78.4 cm³/mol. The van der Waals surface area contributed by atoms with Crippen LogP contribution in [0.15, 0.2) is 0 Å². The summed E-state index contributed by atoms with van der Waals surface area (Å²) in [6.45, 7) is 7.92. The molecule has 2 amide bonds. The quantitative estimate of drug-likeness (QED) is 0.834. The predicted octanol–water partition coefficient (Wildman–Crippen LogP) is 2.60. The summed E-state index contributed by atoms with van der Waals surface area (Å²) in [5.74, 6) is 0.548. The van der Waals surface area contributed by atoms with Gasteiger partial charge in [0.1, 0.15) is 5.60 Å². The number of carbonyl (C=O) groups is 2. The molecule has 5 heteroatoms. The number of nitrogens with one attached hydrogen (secondary N) is 2. The first-order valence-electron chi connectivity index (χ1n) is 7.54. The zero-order chi connectivity index (χ0) is 15.2. The van der Waals surface area contributed by atoms with Gasteiger partial charge in [0.05, 0.1) is 0 Å². The Morgan fingerprint density at radius 1 is 1.20 bits per heavy atom. The van der Waals surface area contributed by atoms with E-state index in [2.05, 4.69) is 17.6 Å². The number of ether oxygens (including phenoxy) is 1. The van der Waals surface area contributed by atoms with Crippen LogP contribution in [-0.2, 0) is 9.53 Å². The Morgan fingerprint density at radius 2 is 1.85 bits per heavy atom. The van der Waals surface area contributed by atoms with Gasteiger partial charge in [-0.05, 0) is 39.5 Å². The number of alkyl carbamates (subject to hydrolysis) is 1. The monoisotopic (exact) mass is 284 g/mol. The summed E-state index contributed by atoms with van der Waals surface area (Å²) in [4.78, 5) is 23.2. The lowest BCUT2D eigenvalue weighted by molar-refractivity contribution is -0.122. The Morgan fingerprint density at radius 3 is 2.45 bits per heavy atom. The average Bonchev–Trinajstić information content (AvgIpc) is 2.29. The van der Waals surface area contributed by atoms with Crippen molar-refractivity contribution in [2.24, 2.45) is 5.92 Å². The third-order valence-corrected chi connectivity index (χ3v) is 3.48. The Kier molecular flexibility index (Phi) is 6.30. The van der Waals surface area contributed by atoms with Gasteiger partial charge in [-0.25, -0.2) is 4.79 Å². The molecule has 0 radical (unpaired) electrons. The fourth-order valence-corrected chi connectivity index (χ4v) is 2.40. The van der Waals surface area contributed by atoms with E-state index in [9.17, 15) is 9.59 Å². The van der Waals surface area contributed by atoms with E-state index in [0.717, 1.165) is 6.42 Å². The highest BCUT2D eigenvalue weighted by Gasteiger charge is 2.22. The summed E-state index contributed by atoms with van der Waals surface area (Å²) >= 11 is 0. The Bertz CT molecular complexity index is 337. The van der Waals surface area contributed by atoms with Crippen molar-refractivity contribution >= 4 is 12.0 Å². The number of carbonyl (C=O) groups excluding carboxylic acids is 2. The van der Waals surface area contributed by atoms with Crippen LogP contribution in [0.3, 0.4) is 0 Å². The minimum atomic E-state index is -0.510. The zero-order valence-corrected chi connectivity index (χ0v) is 13.1. The molecule has 116 valence electrons. The van der Waals surface area contributed by atoms with Crippen LogP contribution in [0.5, 0.6) is 0 Å². The van der Waals surface area contributed by atoms with Gasteiger partial charge >= 0.3 is 6.09 Å². The van der Waals surface area contributed by atoms with Gasteiger partial charge in [-0.1, -0.05) is 19.8 Å². The fourth-order valence-electron chi connectivity index (χ4n) is 2.40. The molecule has 2 atom stereocenters. The minimum absolute atomic E-state index is 0.000177. The molecule has 2 N–H and O–H groups in total. The molecule has 0 aromatic heterocycles. The first-order chi connectivity index (χ1) is 9.28. The van der Waals surface area contributed by atoms with E-state index in [1.807, 2.05) is 20.8 Å². The minimum Gasteiger partial charge on any atom is -0.444 e. The molecule has 0 spiro atoms. The second kappa shape index (κ2) is 7.50. The second-order valence-electron chi connectivity index (χ2n) is 6.61. The molecule has 20 heavy (non-hydrogen) atoms. The molecule has 0 aromatic carbocycles. The van der Waals surface area contributed by atoms with Gasteiger partial charge in [0, 0.05) is 19.0 Å². The molecule has 0 bridgehead atoms. The topological polar surface area (TPSA) is 67.4 Å². The van der Waals surface area contributed by atoms with Gasteiger partial charge in [-0.3, -0.25) is 4.79 Å². The van der Waals surface area contributed by atoms with E-state index in [0.29, 0.717) is 18.9 Å². The highest BCUT2D eigenvalue weighted by atomic mass is 16.6. The Hall–Kier alpha value is -1.26. The molecular formula is C15H28N2O3. The van der Waals surface area contributed by atoms with Crippen molar-refractivity contribution in [3.8, 4) is 0 Å². The lowest BCUT2D eigenvalue weighted by Crippen LogP contribution is -2.42. The van der Waals surface area contributed by atoms with Crippen LogP contribution >= 0.6 is 0 Å². The summed E-state index contributed by atoms with van der Waals surface area (Å²) in [7, 11) is 0. The molecule has 1 aliphatic carbocycles. The summed E-state index contributed by atoms with van der Waals surface area (Å²) in [5.41, 5.74) is -0.510. The van der Waals surface area contributed by atoms with E-state index >= 15 is 0 Å². The standard InChI is InChI=1S/C15H28N2O3/c1-11-7-5-6-8-12(11)17-13(18)9-10-16-14(19)20-15(2,3)4/h11-12H,5-10H2,1-4H3,(H,16,19)(H,17,18)/t11-,12-/m0/s1. The Labute approximate surface area is 121 Å². The fraction of sp³-hybridized carbons (Fsp3) is 0.867. The zero-order valence-electron chi connectivity index (χ0n) is 13.1. The van der Waals surface area contributed by atoms with Crippen LogP contribution in [0.25, 0.3) is 0 Å². The van der Waals surface area contributed by atoms with Crippen LogP contribution in [0.1, 0.15) is 59.8 Å². The lowest BCUT2D eigenvalue weighted by Gasteiger charge is -2.29. The van der Waals surface area contributed by atoms with Gasteiger partial charge in [0.15, 0.2) is 0 Å². The van der Waals surface area contributed by atoms with Crippen LogP contribution in [-0.4, -0.2) is 30.2 Å². The smallest absolute Gasteiger partial charge is 0.407 e. The molecule has 1 fully saturated rings. The van der Waals surface area contributed by atoms with Crippen molar-refractivity contribution in [1.82, 2.24) is 10.6 Å². The van der Waals surface area contributed by atoms with E-state index in [1.54, 1.807) is 0 Å². The van der Waals surface area contributed by atoms with Gasteiger partial charge in [0.25, 0.3) is 0 Å². The number of hydrogen-bond donors (Lipinski definition) is 2. The van der Waals surface area contributed by atoms with Crippen molar-refractivity contribution in [1.29, 1.82) is 0 Å². The number of amides is 2. The van der Waals surface area contributed by atoms with E-state index in [-0.39, 0.29) is 11.9 Å². The number of hydrogen-bond acceptors (Lipinski definition) is 3. The van der Waals surface area contributed by atoms with E-state index in [1.165, 1.54) is 19.3 Å². The van der Waals surface area contributed by atoms with Crippen LogP contribution in [0.4, 0.5) is 4.79 Å². The largest absolute Gasteiger partial charge is 0.444 e. The van der Waals surface area contributed by atoms with Gasteiger partial charge in [0.2, 0.25) is 5.91 Å². The second-order valence-corrected chi connectivity index (χ2v) is 6.61. The van der Waals surface area contributed by atoms with Gasteiger partial charge in [-0.2, -0.15) is 0 Å². The number of rotatable bonds is 4. The molecule has 0 unspecified atom stereocenters. The third kappa shape index (κ3) is 6.78. The normalized spacial score (nSPS) is 23.0. The molecule has 1 aliphatic rings. The molecule has 1 rings (SSSR count). The summed E-state index contributed by atoms with van der Waals surface area (Å²) < 4.78 is 5.10. The third-order valence-electron chi connectivity index (χ3n) is 3.48. The van der Waals surface area contributed by atoms with E-state index < -0.39 is 11.7 Å². The van der Waals surface area contributed by atoms with Gasteiger partial charge < -0.3 is 15.4 Å². The van der Waals surface area contributed by atoms with E-state index in [4.69, 9.17) is 4.74 Å². The molecule has 0 saturated heterocycles. The first-order valence-corrected chi connectivity index (χ1v) is 7.54. The summed E-state index contributed by atoms with van der Waals surface area (Å²) in [5, 5.41) is 5.66. The van der Waals surface area contributed by atoms with Crippen LogP contribution in [0.2, 0.25) is 0 Å². The summed E-state index contributed by atoms with van der Waals surface area (Å²) in [6.07, 6.45) is 4.51. The van der Waals surface area contributed by atoms with Gasteiger partial charge in [-0.15, -0.1) is 0 Å². The highest BCUT2D eigenvalue weighted by Crippen LogP contribution is 2.23. The molecule has 1 saturated carbocycles. The maximum absolute atomic E-state index is 11.8. The van der Waals surface area contributed by atoms with Crippen LogP contribution < -0.4 is 10.6 Å². The molecule has 0 aromatic rings. The lowest BCUT2D eigenvalue weighted by atomic mass is 9.86. The summed E-state index contributed by atoms with van der Waals surface area (Å²) in [6, 6.07) is 0.290. The SMILES string of the molecule is C[C@H]1CCCC[C@@H]1NC(=O)CCNC(=O)OC(C)(C)C. The van der Waals surface area contributed by atoms with Crippen LogP contribution in [0, 0.1) is 5.92 Å². The maximum Gasteiger partial charge on any atom is 0.407 e. The molecule has 5 nitrogen and oxygen atoms in total. The molecule has 0 heterocycles. The average molecular weight is 284 g/mol. The molecular weight excluding hydrogens is 256 g/mol. The first kappa shape index (κ1) is 16.8. The molecule has 0 aliphatic heterocycles. The van der Waals surface area contributed by atoms with Crippen molar-refractivity contribution in [3.05, 3.63) is 0 Å². The Balaban J connectivity index is 2.18.